The molecule has 20 heavy (non-hydrogen) atoms. The highest BCUT2D eigenvalue weighted by atomic mass is 16.7. The molecule has 0 aliphatic rings. The predicted octanol–water partition coefficient (Wildman–Crippen LogP) is 0.520. The summed E-state index contributed by atoms with van der Waals surface area (Å²) in [6.07, 6.45) is -1.23. The average molecular weight is 294 g/mol. The van der Waals surface area contributed by atoms with Gasteiger partial charge in [-0.3, -0.25) is 0 Å². The van der Waals surface area contributed by atoms with Crippen molar-refractivity contribution in [1.29, 1.82) is 0 Å². The molecule has 0 aliphatic heterocycles. The minimum atomic E-state index is -0.930. The highest BCUT2D eigenvalue weighted by Crippen LogP contribution is 2.16. The SMILES string of the molecule is C=C[C@@H](O)[C@H](OCOC)[C@@H](OCOC)[C@H](C)OCOC. The third-order valence-corrected chi connectivity index (χ3v) is 2.57. The first-order valence-corrected chi connectivity index (χ1v) is 6.24. The van der Waals surface area contributed by atoms with Gasteiger partial charge in [0.1, 0.15) is 38.7 Å². The fourth-order valence-corrected chi connectivity index (χ4v) is 1.58. The molecule has 0 rings (SSSR count). The molecule has 0 bridgehead atoms. The molecule has 0 saturated heterocycles. The summed E-state index contributed by atoms with van der Waals surface area (Å²) in [7, 11) is 4.52. The highest BCUT2D eigenvalue weighted by Gasteiger charge is 2.33. The van der Waals surface area contributed by atoms with E-state index in [1.807, 2.05) is 0 Å². The van der Waals surface area contributed by atoms with E-state index in [1.54, 1.807) is 6.92 Å². The zero-order valence-corrected chi connectivity index (χ0v) is 12.6. The summed E-state index contributed by atoms with van der Waals surface area (Å²) in [6, 6.07) is 0. The lowest BCUT2D eigenvalue weighted by atomic mass is 10.0. The number of aliphatic hydroxyl groups excluding tert-OH is 1. The van der Waals surface area contributed by atoms with Crippen LogP contribution in [0, 0.1) is 0 Å². The lowest BCUT2D eigenvalue weighted by molar-refractivity contribution is -0.217. The van der Waals surface area contributed by atoms with Crippen molar-refractivity contribution in [2.45, 2.75) is 31.3 Å². The fourth-order valence-electron chi connectivity index (χ4n) is 1.58. The molecule has 0 aromatic rings. The second kappa shape index (κ2) is 12.2. The number of aliphatic hydroxyl groups is 1. The second-order valence-corrected chi connectivity index (χ2v) is 4.08. The second-order valence-electron chi connectivity index (χ2n) is 4.08. The first kappa shape index (κ1) is 19.5. The summed E-state index contributed by atoms with van der Waals surface area (Å²) >= 11 is 0. The Kier molecular flexibility index (Phi) is 11.9. The van der Waals surface area contributed by atoms with Crippen molar-refractivity contribution in [1.82, 2.24) is 0 Å². The molecule has 0 saturated carbocycles. The molecule has 120 valence electrons. The van der Waals surface area contributed by atoms with Crippen molar-refractivity contribution in [3.05, 3.63) is 12.7 Å². The Morgan fingerprint density at radius 3 is 1.80 bits per heavy atom. The Morgan fingerprint density at radius 2 is 1.35 bits per heavy atom. The summed E-state index contributed by atoms with van der Waals surface area (Å²) in [5, 5.41) is 9.98. The Labute approximate surface area is 120 Å². The van der Waals surface area contributed by atoms with Gasteiger partial charge in [-0.2, -0.15) is 0 Å². The van der Waals surface area contributed by atoms with Gasteiger partial charge in [0.2, 0.25) is 0 Å². The lowest BCUT2D eigenvalue weighted by Gasteiger charge is -2.32. The number of hydrogen-bond acceptors (Lipinski definition) is 7. The maximum atomic E-state index is 9.98. The van der Waals surface area contributed by atoms with Gasteiger partial charge >= 0.3 is 0 Å². The van der Waals surface area contributed by atoms with E-state index in [2.05, 4.69) is 6.58 Å². The number of ether oxygens (including phenoxy) is 6. The van der Waals surface area contributed by atoms with Crippen LogP contribution in [-0.2, 0) is 28.4 Å². The quantitative estimate of drug-likeness (QED) is 0.392. The number of methoxy groups -OCH3 is 3. The molecular weight excluding hydrogens is 268 g/mol. The van der Waals surface area contributed by atoms with Crippen LogP contribution in [0.25, 0.3) is 0 Å². The third-order valence-electron chi connectivity index (χ3n) is 2.57. The fraction of sp³-hybridized carbons (Fsp3) is 0.846. The maximum Gasteiger partial charge on any atom is 0.146 e. The predicted molar refractivity (Wildman–Crippen MR) is 72.1 cm³/mol. The van der Waals surface area contributed by atoms with Crippen molar-refractivity contribution in [3.63, 3.8) is 0 Å². The molecule has 7 heteroatoms. The number of hydrogen-bond donors (Lipinski definition) is 1. The van der Waals surface area contributed by atoms with E-state index >= 15 is 0 Å². The molecule has 0 aromatic carbocycles. The number of rotatable bonds is 13. The smallest absolute Gasteiger partial charge is 0.146 e. The van der Waals surface area contributed by atoms with Crippen molar-refractivity contribution < 1.29 is 33.5 Å². The van der Waals surface area contributed by atoms with Crippen LogP contribution in [0.1, 0.15) is 6.92 Å². The van der Waals surface area contributed by atoms with Crippen molar-refractivity contribution in [2.24, 2.45) is 0 Å². The Bertz CT molecular complexity index is 237. The molecule has 4 atom stereocenters. The molecular formula is C13H26O7. The van der Waals surface area contributed by atoms with Gasteiger partial charge in [-0.15, -0.1) is 6.58 Å². The summed E-state index contributed by atoms with van der Waals surface area (Å²) in [6.45, 7) is 5.50. The minimum absolute atomic E-state index is 0.0133. The van der Waals surface area contributed by atoms with Gasteiger partial charge in [0.05, 0.1) is 6.10 Å². The molecule has 1 N–H and O–H groups in total. The first-order valence-electron chi connectivity index (χ1n) is 6.24. The maximum absolute atomic E-state index is 9.98. The monoisotopic (exact) mass is 294 g/mol. The van der Waals surface area contributed by atoms with Crippen LogP contribution in [0.3, 0.4) is 0 Å². The topological polar surface area (TPSA) is 75.6 Å². The Morgan fingerprint density at radius 1 is 0.900 bits per heavy atom. The van der Waals surface area contributed by atoms with Gasteiger partial charge < -0.3 is 33.5 Å². The molecule has 0 radical (unpaired) electrons. The van der Waals surface area contributed by atoms with Crippen molar-refractivity contribution in [3.8, 4) is 0 Å². The first-order chi connectivity index (χ1) is 9.62. The molecule has 7 nitrogen and oxygen atoms in total. The zero-order valence-electron chi connectivity index (χ0n) is 12.6. The standard InChI is InChI=1S/C13H26O7/c1-6-11(14)13(20-9-17-5)12(19-8-16-4)10(2)18-7-15-3/h6,10-14H,1,7-9H2,2-5H3/t10-,11+,12-,13-/m0/s1. The van der Waals surface area contributed by atoms with E-state index in [1.165, 1.54) is 27.4 Å². The molecule has 0 aliphatic carbocycles. The average Bonchev–Trinajstić information content (AvgIpc) is 2.47. The summed E-state index contributed by atoms with van der Waals surface area (Å²) in [5.41, 5.74) is 0. The molecule has 0 amide bonds. The van der Waals surface area contributed by atoms with Crippen LogP contribution < -0.4 is 0 Å². The molecule has 0 fully saturated rings. The molecule has 0 unspecified atom stereocenters. The third kappa shape index (κ3) is 7.30. The van der Waals surface area contributed by atoms with Crippen LogP contribution in [0.5, 0.6) is 0 Å². The van der Waals surface area contributed by atoms with Crippen LogP contribution in [0.2, 0.25) is 0 Å². The lowest BCUT2D eigenvalue weighted by Crippen LogP contribution is -2.47. The zero-order chi connectivity index (χ0) is 15.4. The van der Waals surface area contributed by atoms with E-state index in [0.717, 1.165) is 0 Å². The van der Waals surface area contributed by atoms with Gasteiger partial charge in [-0.1, -0.05) is 6.08 Å². The van der Waals surface area contributed by atoms with Crippen LogP contribution in [-0.4, -0.2) is 71.2 Å². The summed E-state index contributed by atoms with van der Waals surface area (Å²) in [4.78, 5) is 0. The van der Waals surface area contributed by atoms with Crippen molar-refractivity contribution >= 4 is 0 Å². The highest BCUT2D eigenvalue weighted by molar-refractivity contribution is 4.92. The van der Waals surface area contributed by atoms with Gasteiger partial charge in [-0.25, -0.2) is 0 Å². The molecule has 0 aromatic heterocycles. The van der Waals surface area contributed by atoms with Crippen LogP contribution >= 0.6 is 0 Å². The Hall–Kier alpha value is -0.540. The summed E-state index contributed by atoms with van der Waals surface area (Å²) < 4.78 is 31.0. The van der Waals surface area contributed by atoms with Crippen LogP contribution in [0.4, 0.5) is 0 Å². The van der Waals surface area contributed by atoms with Gasteiger partial charge in [0.25, 0.3) is 0 Å². The van der Waals surface area contributed by atoms with E-state index in [-0.39, 0.29) is 26.5 Å². The van der Waals surface area contributed by atoms with Gasteiger partial charge in [0, 0.05) is 21.3 Å². The van der Waals surface area contributed by atoms with E-state index in [4.69, 9.17) is 28.4 Å². The van der Waals surface area contributed by atoms with E-state index in [0.29, 0.717) is 0 Å². The molecule has 0 spiro atoms. The van der Waals surface area contributed by atoms with Gasteiger partial charge in [0.15, 0.2) is 0 Å². The summed E-state index contributed by atoms with van der Waals surface area (Å²) in [5.74, 6) is 0. The minimum Gasteiger partial charge on any atom is -0.386 e. The van der Waals surface area contributed by atoms with E-state index < -0.39 is 18.3 Å². The Balaban J connectivity index is 4.81. The van der Waals surface area contributed by atoms with E-state index in [9.17, 15) is 5.11 Å². The largest absolute Gasteiger partial charge is 0.386 e. The van der Waals surface area contributed by atoms with Gasteiger partial charge in [-0.05, 0) is 6.92 Å². The normalized spacial score (nSPS) is 17.4. The molecule has 0 heterocycles. The van der Waals surface area contributed by atoms with Crippen LogP contribution in [0.15, 0.2) is 12.7 Å². The van der Waals surface area contributed by atoms with Crippen molar-refractivity contribution in [2.75, 3.05) is 41.7 Å².